The van der Waals surface area contributed by atoms with Gasteiger partial charge in [-0.2, -0.15) is 4.31 Å². The highest BCUT2D eigenvalue weighted by atomic mass is 32.2. The summed E-state index contributed by atoms with van der Waals surface area (Å²) in [6.45, 7) is -0.0813. The lowest BCUT2D eigenvalue weighted by Gasteiger charge is -2.58. The van der Waals surface area contributed by atoms with Gasteiger partial charge in [0, 0.05) is 24.4 Å². The van der Waals surface area contributed by atoms with Crippen LogP contribution in [0.1, 0.15) is 54.7 Å². The van der Waals surface area contributed by atoms with Gasteiger partial charge in [0.25, 0.3) is 0 Å². The smallest absolute Gasteiger partial charge is 0.238 e. The third kappa shape index (κ3) is 5.02. The summed E-state index contributed by atoms with van der Waals surface area (Å²) in [4.78, 5) is 14.6. The van der Waals surface area contributed by atoms with E-state index >= 15 is 0 Å². The van der Waals surface area contributed by atoms with Gasteiger partial charge in [-0.3, -0.25) is 4.79 Å². The molecule has 2 aromatic rings. The molecule has 1 aliphatic carbocycles. The lowest BCUT2D eigenvalue weighted by Crippen LogP contribution is -2.73. The number of aliphatic hydroxyl groups is 1. The monoisotopic (exact) mass is 492 g/mol. The van der Waals surface area contributed by atoms with Crippen molar-refractivity contribution in [2.75, 3.05) is 19.7 Å². The average Bonchev–Trinajstić information content (AvgIpc) is 3.35. The van der Waals surface area contributed by atoms with Crippen LogP contribution in [0.25, 0.3) is 0 Å². The minimum absolute atomic E-state index is 0.112. The zero-order valence-electron chi connectivity index (χ0n) is 19.8. The molecule has 0 spiro atoms. The first kappa shape index (κ1) is 24.1. The molecule has 3 atom stereocenters. The SMILES string of the molecule is O=C1CN(S(=O)(=O)Cc2ccccc2)C[C@H]2[C@@H](c3ccc(C#CCC4CCCC4)cc3)[C@@H](CO)N12. The van der Waals surface area contributed by atoms with Crippen molar-refractivity contribution in [1.82, 2.24) is 9.21 Å². The van der Waals surface area contributed by atoms with Gasteiger partial charge in [0.1, 0.15) is 0 Å². The summed E-state index contributed by atoms with van der Waals surface area (Å²) in [5.41, 5.74) is 2.66. The normalized spacial score (nSPS) is 25.0. The molecule has 3 aliphatic rings. The molecule has 1 amide bonds. The first-order valence-corrected chi connectivity index (χ1v) is 14.1. The van der Waals surface area contributed by atoms with Crippen LogP contribution in [-0.4, -0.2) is 60.4 Å². The summed E-state index contributed by atoms with van der Waals surface area (Å²) in [6, 6.07) is 16.4. The summed E-state index contributed by atoms with van der Waals surface area (Å²) >= 11 is 0. The Morgan fingerprint density at radius 2 is 1.71 bits per heavy atom. The summed E-state index contributed by atoms with van der Waals surface area (Å²) in [6.07, 6.45) is 6.16. The number of carbonyl (C=O) groups is 1. The molecule has 0 bridgehead atoms. The third-order valence-electron chi connectivity index (χ3n) is 7.70. The van der Waals surface area contributed by atoms with Crippen molar-refractivity contribution in [3.05, 3.63) is 71.3 Å². The first-order chi connectivity index (χ1) is 17.0. The predicted molar refractivity (Wildman–Crippen MR) is 135 cm³/mol. The molecule has 1 saturated carbocycles. The lowest BCUT2D eigenvalue weighted by molar-refractivity contribution is -0.158. The maximum atomic E-state index is 13.1. The molecular weight excluding hydrogens is 460 g/mol. The Balaban J connectivity index is 1.30. The van der Waals surface area contributed by atoms with E-state index in [-0.39, 0.29) is 49.4 Å². The van der Waals surface area contributed by atoms with Crippen molar-refractivity contribution in [2.24, 2.45) is 5.92 Å². The number of hydrogen-bond acceptors (Lipinski definition) is 4. The zero-order valence-corrected chi connectivity index (χ0v) is 20.7. The lowest BCUT2D eigenvalue weighted by atomic mass is 9.74. The van der Waals surface area contributed by atoms with E-state index in [1.807, 2.05) is 42.5 Å². The molecular formula is C28H32N2O4S. The summed E-state index contributed by atoms with van der Waals surface area (Å²) in [7, 11) is -3.64. The molecule has 2 heterocycles. The second kappa shape index (κ2) is 10.1. The van der Waals surface area contributed by atoms with Gasteiger partial charge in [-0.25, -0.2) is 8.42 Å². The highest BCUT2D eigenvalue weighted by molar-refractivity contribution is 7.88. The quantitative estimate of drug-likeness (QED) is 0.629. The number of rotatable bonds is 6. The molecule has 184 valence electrons. The fourth-order valence-corrected chi connectivity index (χ4v) is 7.34. The van der Waals surface area contributed by atoms with Gasteiger partial charge < -0.3 is 10.0 Å². The topological polar surface area (TPSA) is 77.9 Å². The average molecular weight is 493 g/mol. The van der Waals surface area contributed by atoms with Gasteiger partial charge in [-0.05, 0) is 42.0 Å². The van der Waals surface area contributed by atoms with E-state index < -0.39 is 10.0 Å². The van der Waals surface area contributed by atoms with Gasteiger partial charge in [0.2, 0.25) is 15.9 Å². The molecule has 3 fully saturated rings. The minimum atomic E-state index is -3.64. The highest BCUT2D eigenvalue weighted by Crippen LogP contribution is 2.43. The number of benzene rings is 2. The van der Waals surface area contributed by atoms with E-state index in [1.54, 1.807) is 17.0 Å². The largest absolute Gasteiger partial charge is 0.394 e. The van der Waals surface area contributed by atoms with Crippen LogP contribution in [0.5, 0.6) is 0 Å². The van der Waals surface area contributed by atoms with E-state index in [0.29, 0.717) is 5.56 Å². The number of hydrogen-bond donors (Lipinski definition) is 1. The molecule has 2 aliphatic heterocycles. The minimum Gasteiger partial charge on any atom is -0.394 e. The standard InChI is InChI=1S/C28H32N2O4S/c31-19-26-28(24-15-13-22(14-16-24)12-6-11-21-7-4-5-8-21)25-17-29(18-27(32)30(25)26)35(33,34)20-23-9-2-1-3-10-23/h1-3,9-10,13-16,21,25-26,28,31H,4-5,7-8,11,17-20H2/t25-,26+,28+/m0/s1. The third-order valence-corrected chi connectivity index (χ3v) is 9.46. The number of nitrogens with zero attached hydrogens (tertiary/aromatic N) is 2. The molecule has 0 radical (unpaired) electrons. The Morgan fingerprint density at radius 3 is 2.40 bits per heavy atom. The van der Waals surface area contributed by atoms with Gasteiger partial charge in [0.15, 0.2) is 0 Å². The van der Waals surface area contributed by atoms with E-state index in [4.69, 9.17) is 0 Å². The van der Waals surface area contributed by atoms with Gasteiger partial charge >= 0.3 is 0 Å². The molecule has 5 rings (SSSR count). The number of aliphatic hydroxyl groups excluding tert-OH is 1. The molecule has 2 saturated heterocycles. The Kier molecular flexibility index (Phi) is 6.97. The predicted octanol–water partition coefficient (Wildman–Crippen LogP) is 3.12. The molecule has 6 nitrogen and oxygen atoms in total. The Hall–Kier alpha value is -2.66. The van der Waals surface area contributed by atoms with E-state index in [9.17, 15) is 18.3 Å². The van der Waals surface area contributed by atoms with E-state index in [0.717, 1.165) is 23.5 Å². The molecule has 0 aromatic heterocycles. The fraction of sp³-hybridized carbons (Fsp3) is 0.464. The van der Waals surface area contributed by atoms with Crippen LogP contribution in [0.15, 0.2) is 54.6 Å². The zero-order chi connectivity index (χ0) is 24.4. The Bertz CT molecular complexity index is 1210. The van der Waals surface area contributed by atoms with E-state index in [1.165, 1.54) is 30.0 Å². The molecule has 2 aromatic carbocycles. The van der Waals surface area contributed by atoms with Crippen LogP contribution >= 0.6 is 0 Å². The second-order valence-corrected chi connectivity index (χ2v) is 11.9. The number of carbonyl (C=O) groups excluding carboxylic acids is 1. The Morgan fingerprint density at radius 1 is 1.00 bits per heavy atom. The van der Waals surface area contributed by atoms with Crippen molar-refractivity contribution in [2.45, 2.75) is 55.9 Å². The van der Waals surface area contributed by atoms with Crippen molar-refractivity contribution >= 4 is 15.9 Å². The summed E-state index contributed by atoms with van der Waals surface area (Å²) < 4.78 is 27.5. The number of amides is 1. The summed E-state index contributed by atoms with van der Waals surface area (Å²) in [5.74, 6) is 6.82. The van der Waals surface area contributed by atoms with Crippen LogP contribution in [0.4, 0.5) is 0 Å². The van der Waals surface area contributed by atoms with E-state index in [2.05, 4.69) is 11.8 Å². The highest BCUT2D eigenvalue weighted by Gasteiger charge is 2.55. The van der Waals surface area contributed by atoms with Crippen molar-refractivity contribution < 1.29 is 18.3 Å². The van der Waals surface area contributed by atoms with Gasteiger partial charge in [0.05, 0.1) is 31.0 Å². The summed E-state index contributed by atoms with van der Waals surface area (Å²) in [5, 5.41) is 10.0. The fourth-order valence-electron chi connectivity index (χ4n) is 5.86. The van der Waals surface area contributed by atoms with Crippen molar-refractivity contribution in [3.63, 3.8) is 0 Å². The molecule has 7 heteroatoms. The Labute approximate surface area is 208 Å². The van der Waals surface area contributed by atoms with Crippen molar-refractivity contribution in [3.8, 4) is 11.8 Å². The maximum Gasteiger partial charge on any atom is 0.238 e. The van der Waals surface area contributed by atoms with Crippen LogP contribution in [-0.2, 0) is 20.6 Å². The van der Waals surface area contributed by atoms with Crippen LogP contribution in [0, 0.1) is 17.8 Å². The van der Waals surface area contributed by atoms with Crippen molar-refractivity contribution in [1.29, 1.82) is 0 Å². The molecule has 1 N–H and O–H groups in total. The van der Waals surface area contributed by atoms with Crippen LogP contribution in [0.2, 0.25) is 0 Å². The van der Waals surface area contributed by atoms with Crippen LogP contribution < -0.4 is 0 Å². The van der Waals surface area contributed by atoms with Gasteiger partial charge in [-0.15, -0.1) is 0 Å². The number of fused-ring (bicyclic) bond motifs is 1. The number of piperazine rings is 1. The van der Waals surface area contributed by atoms with Gasteiger partial charge in [-0.1, -0.05) is 67.1 Å². The number of sulfonamides is 1. The van der Waals surface area contributed by atoms with Crippen LogP contribution in [0.3, 0.4) is 0 Å². The molecule has 35 heavy (non-hydrogen) atoms. The second-order valence-electron chi connectivity index (χ2n) is 9.96. The maximum absolute atomic E-state index is 13.1. The molecule has 0 unspecified atom stereocenters. The first-order valence-electron chi connectivity index (χ1n) is 12.5.